The van der Waals surface area contributed by atoms with E-state index in [0.29, 0.717) is 35.7 Å². The lowest BCUT2D eigenvalue weighted by Gasteiger charge is -2.20. The number of thiazole rings is 1. The predicted molar refractivity (Wildman–Crippen MR) is 127 cm³/mol. The number of thioether (sulfide) groups is 1. The summed E-state index contributed by atoms with van der Waals surface area (Å²) in [6.07, 6.45) is 0. The minimum absolute atomic E-state index is 0.0132. The van der Waals surface area contributed by atoms with E-state index in [4.69, 9.17) is 9.51 Å². The molecule has 0 aliphatic rings. The standard InChI is InChI=1S/C23H24N4O2S2/c1-15(2)18-10-7-11-19-22(18)25-23(31-19)27(12-17-8-5-4-6-9-17)21(28)14-30-13-20-24-16(3)29-26-20/h4-11,15H,12-14H2,1-3H3. The zero-order valence-electron chi connectivity index (χ0n) is 17.7. The first-order valence-corrected chi connectivity index (χ1v) is 12.1. The molecule has 2 aromatic carbocycles. The van der Waals surface area contributed by atoms with Crippen molar-refractivity contribution in [2.75, 3.05) is 10.7 Å². The number of rotatable bonds is 8. The fourth-order valence-corrected chi connectivity index (χ4v) is 5.02. The number of anilines is 1. The molecule has 31 heavy (non-hydrogen) atoms. The van der Waals surface area contributed by atoms with Gasteiger partial charge in [-0.05, 0) is 23.1 Å². The predicted octanol–water partition coefficient (Wildman–Crippen LogP) is 5.58. The third-order valence-corrected chi connectivity index (χ3v) is 6.76. The average Bonchev–Trinajstić information content (AvgIpc) is 3.38. The van der Waals surface area contributed by atoms with Gasteiger partial charge in [-0.3, -0.25) is 9.69 Å². The smallest absolute Gasteiger partial charge is 0.239 e. The van der Waals surface area contributed by atoms with Crippen LogP contribution in [0.1, 0.15) is 42.6 Å². The van der Waals surface area contributed by atoms with Gasteiger partial charge in [0.1, 0.15) is 0 Å². The van der Waals surface area contributed by atoms with E-state index in [0.717, 1.165) is 20.9 Å². The van der Waals surface area contributed by atoms with Crippen molar-refractivity contribution in [1.82, 2.24) is 15.1 Å². The Labute approximate surface area is 189 Å². The van der Waals surface area contributed by atoms with Gasteiger partial charge in [-0.25, -0.2) is 4.98 Å². The van der Waals surface area contributed by atoms with E-state index in [9.17, 15) is 4.79 Å². The van der Waals surface area contributed by atoms with Crippen molar-refractivity contribution in [3.05, 3.63) is 71.4 Å². The number of aryl methyl sites for hydroxylation is 1. The minimum atomic E-state index is 0.0132. The van der Waals surface area contributed by atoms with Gasteiger partial charge in [-0.2, -0.15) is 4.98 Å². The fraction of sp³-hybridized carbons (Fsp3) is 0.304. The van der Waals surface area contributed by atoms with Crippen molar-refractivity contribution < 1.29 is 9.32 Å². The number of aromatic nitrogens is 3. The van der Waals surface area contributed by atoms with E-state index >= 15 is 0 Å². The molecule has 0 aliphatic carbocycles. The van der Waals surface area contributed by atoms with E-state index < -0.39 is 0 Å². The van der Waals surface area contributed by atoms with Crippen LogP contribution in [0.25, 0.3) is 10.2 Å². The number of fused-ring (bicyclic) bond motifs is 1. The summed E-state index contributed by atoms with van der Waals surface area (Å²) in [5, 5.41) is 4.63. The van der Waals surface area contributed by atoms with Crippen LogP contribution >= 0.6 is 23.1 Å². The molecule has 0 saturated heterocycles. The van der Waals surface area contributed by atoms with Crippen molar-refractivity contribution in [3.63, 3.8) is 0 Å². The average molecular weight is 453 g/mol. The van der Waals surface area contributed by atoms with E-state index in [1.807, 2.05) is 30.3 Å². The molecule has 4 aromatic rings. The zero-order valence-corrected chi connectivity index (χ0v) is 19.4. The summed E-state index contributed by atoms with van der Waals surface area (Å²) in [7, 11) is 0. The summed E-state index contributed by atoms with van der Waals surface area (Å²) in [6, 6.07) is 16.3. The zero-order chi connectivity index (χ0) is 21.8. The first kappa shape index (κ1) is 21.5. The normalized spacial score (nSPS) is 11.4. The van der Waals surface area contributed by atoms with Crippen molar-refractivity contribution in [2.45, 2.75) is 39.0 Å². The second kappa shape index (κ2) is 9.62. The maximum absolute atomic E-state index is 13.2. The van der Waals surface area contributed by atoms with Crippen molar-refractivity contribution in [1.29, 1.82) is 0 Å². The Balaban J connectivity index is 1.58. The topological polar surface area (TPSA) is 72.1 Å². The van der Waals surface area contributed by atoms with Gasteiger partial charge in [-0.1, -0.05) is 72.8 Å². The van der Waals surface area contributed by atoms with Crippen LogP contribution in [0.15, 0.2) is 53.1 Å². The van der Waals surface area contributed by atoms with Crippen LogP contribution in [-0.2, 0) is 17.1 Å². The summed E-state index contributed by atoms with van der Waals surface area (Å²) in [4.78, 5) is 24.1. The quantitative estimate of drug-likeness (QED) is 0.348. The molecule has 2 heterocycles. The van der Waals surface area contributed by atoms with Gasteiger partial charge in [0.05, 0.1) is 28.3 Å². The molecule has 0 atom stereocenters. The van der Waals surface area contributed by atoms with Gasteiger partial charge < -0.3 is 4.52 Å². The maximum Gasteiger partial charge on any atom is 0.239 e. The summed E-state index contributed by atoms with van der Waals surface area (Å²) in [5.74, 6) is 2.35. The van der Waals surface area contributed by atoms with E-state index in [2.05, 4.69) is 42.2 Å². The monoisotopic (exact) mass is 452 g/mol. The highest BCUT2D eigenvalue weighted by Gasteiger charge is 2.21. The highest BCUT2D eigenvalue weighted by Crippen LogP contribution is 2.34. The second-order valence-corrected chi connectivity index (χ2v) is 9.53. The maximum atomic E-state index is 13.2. The van der Waals surface area contributed by atoms with Gasteiger partial charge in [-0.15, -0.1) is 11.8 Å². The fourth-order valence-electron chi connectivity index (χ4n) is 3.28. The van der Waals surface area contributed by atoms with Crippen LogP contribution in [0.2, 0.25) is 0 Å². The van der Waals surface area contributed by atoms with Gasteiger partial charge in [0.25, 0.3) is 0 Å². The molecular weight excluding hydrogens is 428 g/mol. The first-order valence-electron chi connectivity index (χ1n) is 10.1. The third kappa shape index (κ3) is 5.14. The third-order valence-electron chi connectivity index (χ3n) is 4.80. The lowest BCUT2D eigenvalue weighted by atomic mass is 10.0. The molecule has 2 aromatic heterocycles. The van der Waals surface area contributed by atoms with Crippen molar-refractivity contribution in [3.8, 4) is 0 Å². The molecule has 0 N–H and O–H groups in total. The second-order valence-electron chi connectivity index (χ2n) is 7.53. The highest BCUT2D eigenvalue weighted by molar-refractivity contribution is 7.99. The van der Waals surface area contributed by atoms with Gasteiger partial charge in [0.15, 0.2) is 11.0 Å². The summed E-state index contributed by atoms with van der Waals surface area (Å²) in [6.45, 7) is 6.57. The number of carbonyl (C=O) groups excluding carboxylic acids is 1. The number of nitrogens with zero attached hydrogens (tertiary/aromatic N) is 4. The Morgan fingerprint density at radius 2 is 1.94 bits per heavy atom. The van der Waals surface area contributed by atoms with Crippen molar-refractivity contribution >= 4 is 44.4 Å². The lowest BCUT2D eigenvalue weighted by molar-refractivity contribution is -0.116. The molecule has 1 amide bonds. The molecule has 0 bridgehead atoms. The number of hydrogen-bond donors (Lipinski definition) is 0. The molecule has 8 heteroatoms. The Morgan fingerprint density at radius 1 is 1.13 bits per heavy atom. The Kier molecular flexibility index (Phi) is 6.67. The van der Waals surface area contributed by atoms with E-state index in [1.54, 1.807) is 23.2 Å². The Hall–Kier alpha value is -2.71. The molecule has 0 spiro atoms. The molecule has 6 nitrogen and oxygen atoms in total. The summed E-state index contributed by atoms with van der Waals surface area (Å²) >= 11 is 3.04. The van der Waals surface area contributed by atoms with Gasteiger partial charge in [0, 0.05) is 6.92 Å². The van der Waals surface area contributed by atoms with Crippen LogP contribution < -0.4 is 4.90 Å². The molecule has 0 aliphatic heterocycles. The largest absolute Gasteiger partial charge is 0.340 e. The van der Waals surface area contributed by atoms with Crippen LogP contribution in [0.3, 0.4) is 0 Å². The number of benzene rings is 2. The molecule has 4 rings (SSSR count). The van der Waals surface area contributed by atoms with Crippen LogP contribution in [0.5, 0.6) is 0 Å². The van der Waals surface area contributed by atoms with Gasteiger partial charge in [0.2, 0.25) is 11.8 Å². The molecule has 0 radical (unpaired) electrons. The Bertz CT molecular complexity index is 1170. The molecule has 0 unspecified atom stereocenters. The van der Waals surface area contributed by atoms with Crippen LogP contribution in [-0.4, -0.2) is 26.8 Å². The number of amides is 1. The molecule has 0 saturated carbocycles. The van der Waals surface area contributed by atoms with Crippen LogP contribution in [0, 0.1) is 6.92 Å². The van der Waals surface area contributed by atoms with Crippen molar-refractivity contribution in [2.24, 2.45) is 0 Å². The first-order chi connectivity index (χ1) is 15.0. The number of hydrogen-bond acceptors (Lipinski definition) is 7. The SMILES string of the molecule is Cc1nc(CSCC(=O)N(Cc2ccccc2)c2nc3c(C(C)C)cccc3s2)no1. The van der Waals surface area contributed by atoms with E-state index in [-0.39, 0.29) is 5.91 Å². The number of carbonyl (C=O) groups is 1. The lowest BCUT2D eigenvalue weighted by Crippen LogP contribution is -2.31. The Morgan fingerprint density at radius 3 is 2.65 bits per heavy atom. The van der Waals surface area contributed by atoms with Gasteiger partial charge >= 0.3 is 0 Å². The minimum Gasteiger partial charge on any atom is -0.340 e. The number of para-hydroxylation sites is 1. The highest BCUT2D eigenvalue weighted by atomic mass is 32.2. The molecule has 0 fully saturated rings. The molecular formula is C23H24N4O2S2. The molecule has 160 valence electrons. The van der Waals surface area contributed by atoms with Crippen LogP contribution in [0.4, 0.5) is 5.13 Å². The summed E-state index contributed by atoms with van der Waals surface area (Å²) in [5.41, 5.74) is 3.25. The van der Waals surface area contributed by atoms with E-state index in [1.165, 1.54) is 17.3 Å². The summed E-state index contributed by atoms with van der Waals surface area (Å²) < 4.78 is 6.10.